The predicted molar refractivity (Wildman–Crippen MR) is 158 cm³/mol. The molecule has 230 valence electrons. The third-order valence-corrected chi connectivity index (χ3v) is 8.56. The SMILES string of the molecule is COC(=O)C[C@H](NC(=O)[C@@H]1C[C@@H](O)CN1C(=O)[C@H](NC(=O)C1(F)CC1)C(C)(C)C)c1ccc(-c2scnc2C)cc1.Cl. The summed E-state index contributed by atoms with van der Waals surface area (Å²) < 4.78 is 19.3. The van der Waals surface area contributed by atoms with Crippen LogP contribution in [0.2, 0.25) is 0 Å². The Bertz CT molecular complexity index is 1310. The summed E-state index contributed by atoms with van der Waals surface area (Å²) in [6.45, 7) is 7.00. The highest BCUT2D eigenvalue weighted by molar-refractivity contribution is 7.13. The molecule has 2 aromatic rings. The van der Waals surface area contributed by atoms with Gasteiger partial charge in [-0.15, -0.1) is 23.7 Å². The summed E-state index contributed by atoms with van der Waals surface area (Å²) >= 11 is 1.51. The molecular formula is C29H38ClFN4O6S. The van der Waals surface area contributed by atoms with Gasteiger partial charge in [0.15, 0.2) is 5.67 Å². The van der Waals surface area contributed by atoms with Crippen molar-refractivity contribution in [2.24, 2.45) is 5.41 Å². The summed E-state index contributed by atoms with van der Waals surface area (Å²) in [6, 6.07) is 4.46. The third-order valence-electron chi connectivity index (χ3n) is 7.58. The number of rotatable bonds is 9. The number of amides is 3. The first kappa shape index (κ1) is 33.4. The quantitative estimate of drug-likeness (QED) is 0.364. The normalized spacial score (nSPS) is 20.6. The second-order valence-corrected chi connectivity index (χ2v) is 12.7. The molecule has 1 aliphatic heterocycles. The summed E-state index contributed by atoms with van der Waals surface area (Å²) in [7, 11) is 1.26. The molecule has 0 spiro atoms. The van der Waals surface area contributed by atoms with Crippen molar-refractivity contribution in [3.63, 3.8) is 0 Å². The average molecular weight is 625 g/mol. The zero-order valence-electron chi connectivity index (χ0n) is 24.3. The number of alkyl halides is 1. The van der Waals surface area contributed by atoms with E-state index in [-0.39, 0.29) is 44.6 Å². The second kappa shape index (κ2) is 13.0. The molecule has 1 aromatic carbocycles. The molecule has 4 atom stereocenters. The van der Waals surface area contributed by atoms with Gasteiger partial charge in [0.2, 0.25) is 11.8 Å². The van der Waals surface area contributed by atoms with Crippen LogP contribution in [0.25, 0.3) is 10.4 Å². The molecule has 1 aromatic heterocycles. The van der Waals surface area contributed by atoms with Gasteiger partial charge >= 0.3 is 5.97 Å². The maximum atomic E-state index is 14.4. The fourth-order valence-electron chi connectivity index (χ4n) is 4.93. The lowest BCUT2D eigenvalue weighted by molar-refractivity contribution is -0.145. The maximum absolute atomic E-state index is 14.4. The van der Waals surface area contributed by atoms with Crippen molar-refractivity contribution in [3.8, 4) is 10.4 Å². The molecule has 3 N–H and O–H groups in total. The zero-order chi connectivity index (χ0) is 30.1. The first-order chi connectivity index (χ1) is 19.2. The van der Waals surface area contributed by atoms with Crippen LogP contribution < -0.4 is 10.6 Å². The number of methoxy groups -OCH3 is 1. The second-order valence-electron chi connectivity index (χ2n) is 11.9. The topological polar surface area (TPSA) is 138 Å². The highest BCUT2D eigenvalue weighted by Gasteiger charge is 2.53. The first-order valence-corrected chi connectivity index (χ1v) is 14.5. The van der Waals surface area contributed by atoms with E-state index in [0.717, 1.165) is 16.1 Å². The number of aryl methyl sites for hydroxylation is 1. The number of aliphatic hydroxyl groups is 1. The minimum absolute atomic E-state index is 0. The van der Waals surface area contributed by atoms with Gasteiger partial charge in [-0.1, -0.05) is 45.0 Å². The Morgan fingerprint density at radius 2 is 1.83 bits per heavy atom. The highest BCUT2D eigenvalue weighted by Crippen LogP contribution is 2.40. The van der Waals surface area contributed by atoms with E-state index in [4.69, 9.17) is 4.74 Å². The molecule has 0 radical (unpaired) electrons. The molecule has 13 heteroatoms. The third kappa shape index (κ3) is 7.45. The summed E-state index contributed by atoms with van der Waals surface area (Å²) in [6.07, 6.45) is -0.941. The van der Waals surface area contributed by atoms with E-state index in [1.165, 1.54) is 23.3 Å². The van der Waals surface area contributed by atoms with Crippen LogP contribution in [0.4, 0.5) is 4.39 Å². The van der Waals surface area contributed by atoms with Gasteiger partial charge < -0.3 is 25.4 Å². The van der Waals surface area contributed by atoms with Crippen molar-refractivity contribution in [2.75, 3.05) is 13.7 Å². The molecule has 1 aliphatic carbocycles. The predicted octanol–water partition coefficient (Wildman–Crippen LogP) is 3.26. The number of nitrogens with one attached hydrogen (secondary N) is 2. The minimum Gasteiger partial charge on any atom is -0.469 e. The summed E-state index contributed by atoms with van der Waals surface area (Å²) in [5, 5.41) is 15.9. The number of carbonyl (C=O) groups is 4. The van der Waals surface area contributed by atoms with Crippen molar-refractivity contribution >= 4 is 47.4 Å². The van der Waals surface area contributed by atoms with E-state index in [2.05, 4.69) is 15.6 Å². The molecule has 1 saturated heterocycles. The van der Waals surface area contributed by atoms with Crippen LogP contribution in [0.1, 0.15) is 63.8 Å². The lowest BCUT2D eigenvalue weighted by Gasteiger charge is -2.36. The van der Waals surface area contributed by atoms with E-state index in [0.29, 0.717) is 5.56 Å². The molecule has 42 heavy (non-hydrogen) atoms. The highest BCUT2D eigenvalue weighted by atomic mass is 35.5. The number of esters is 1. The molecule has 1 saturated carbocycles. The number of nitrogens with zero attached hydrogens (tertiary/aromatic N) is 2. The Hall–Kier alpha value is -3.09. The number of halogens is 2. The zero-order valence-corrected chi connectivity index (χ0v) is 25.9. The van der Waals surface area contributed by atoms with Gasteiger partial charge in [-0.05, 0) is 36.3 Å². The van der Waals surface area contributed by atoms with E-state index < -0.39 is 59.0 Å². The molecule has 3 amide bonds. The lowest BCUT2D eigenvalue weighted by atomic mass is 9.85. The maximum Gasteiger partial charge on any atom is 0.307 e. The van der Waals surface area contributed by atoms with Crippen molar-refractivity contribution in [1.29, 1.82) is 0 Å². The van der Waals surface area contributed by atoms with Gasteiger partial charge in [0.25, 0.3) is 5.91 Å². The summed E-state index contributed by atoms with van der Waals surface area (Å²) in [5.41, 5.74) is 1.50. The Balaban J connectivity index is 0.00000484. The largest absolute Gasteiger partial charge is 0.469 e. The first-order valence-electron chi connectivity index (χ1n) is 13.6. The number of likely N-dealkylation sites (tertiary alicyclic amines) is 1. The average Bonchev–Trinajstić information content (AvgIpc) is 3.33. The van der Waals surface area contributed by atoms with Crippen molar-refractivity contribution < 1.29 is 33.4 Å². The van der Waals surface area contributed by atoms with Gasteiger partial charge in [0, 0.05) is 13.0 Å². The fraction of sp³-hybridized carbons (Fsp3) is 0.552. The molecule has 2 fully saturated rings. The molecule has 0 unspecified atom stereocenters. The van der Waals surface area contributed by atoms with E-state index in [9.17, 15) is 28.7 Å². The van der Waals surface area contributed by atoms with Gasteiger partial charge in [0.1, 0.15) is 12.1 Å². The van der Waals surface area contributed by atoms with Crippen molar-refractivity contribution in [3.05, 3.63) is 41.0 Å². The van der Waals surface area contributed by atoms with Gasteiger partial charge in [-0.3, -0.25) is 19.2 Å². The van der Waals surface area contributed by atoms with Crippen LogP contribution in [0, 0.1) is 12.3 Å². The van der Waals surface area contributed by atoms with Crippen LogP contribution in [0.3, 0.4) is 0 Å². The van der Waals surface area contributed by atoms with Crippen LogP contribution in [0.5, 0.6) is 0 Å². The summed E-state index contributed by atoms with van der Waals surface area (Å²) in [4.78, 5) is 58.6. The number of aliphatic hydroxyl groups excluding tert-OH is 1. The van der Waals surface area contributed by atoms with Crippen LogP contribution in [-0.2, 0) is 23.9 Å². The Morgan fingerprint density at radius 1 is 1.19 bits per heavy atom. The number of hydrogen-bond acceptors (Lipinski definition) is 8. The number of ether oxygens (including phenoxy) is 1. The van der Waals surface area contributed by atoms with E-state index in [1.807, 2.05) is 31.2 Å². The summed E-state index contributed by atoms with van der Waals surface area (Å²) in [5.74, 6) is -2.52. The number of aromatic nitrogens is 1. The molecule has 2 aliphatic rings. The van der Waals surface area contributed by atoms with Crippen LogP contribution >= 0.6 is 23.7 Å². The monoisotopic (exact) mass is 624 g/mol. The number of β-amino-alcohol motifs (C(OH)–C–C–N with tert-alkyl or cyclic N) is 1. The smallest absolute Gasteiger partial charge is 0.307 e. The molecule has 2 heterocycles. The Kier molecular flexibility index (Phi) is 10.4. The van der Waals surface area contributed by atoms with E-state index in [1.54, 1.807) is 26.3 Å². The number of hydrogen-bond donors (Lipinski definition) is 3. The van der Waals surface area contributed by atoms with Crippen molar-refractivity contribution in [1.82, 2.24) is 20.5 Å². The van der Waals surface area contributed by atoms with Crippen molar-refractivity contribution in [2.45, 2.75) is 83.3 Å². The lowest BCUT2D eigenvalue weighted by Crippen LogP contribution is -2.59. The minimum atomic E-state index is -1.97. The molecule has 0 bridgehead atoms. The standard InChI is InChI=1S/C29H37FN4O6S.ClH/c1-16-23(41-15-31-16)18-8-6-17(7-9-18)20(13-22(36)40-5)32-25(37)21-12-19(35)14-34(21)26(38)24(28(2,3)4)33-27(39)29(30)10-11-29;/h6-9,15,19-21,24,35H,10-14H2,1-5H3,(H,32,37)(H,33,39);1H/t19-,20+,21+,24+;/m1./s1. The Labute approximate surface area is 254 Å². The fourth-order valence-corrected chi connectivity index (χ4v) is 5.75. The number of thiazole rings is 1. The Morgan fingerprint density at radius 3 is 2.36 bits per heavy atom. The molecule has 4 rings (SSSR count). The van der Waals surface area contributed by atoms with Gasteiger partial charge in [0.05, 0.1) is 41.8 Å². The van der Waals surface area contributed by atoms with Gasteiger partial charge in [-0.25, -0.2) is 9.37 Å². The van der Waals surface area contributed by atoms with Crippen LogP contribution in [-0.4, -0.2) is 76.2 Å². The number of benzene rings is 1. The van der Waals surface area contributed by atoms with Gasteiger partial charge in [-0.2, -0.15) is 0 Å². The molecular weight excluding hydrogens is 587 g/mol. The number of carbonyl (C=O) groups excluding carboxylic acids is 4. The van der Waals surface area contributed by atoms with E-state index >= 15 is 0 Å². The van der Waals surface area contributed by atoms with Crippen LogP contribution in [0.15, 0.2) is 29.8 Å². The molecule has 10 nitrogen and oxygen atoms in total.